The molecule has 1 fully saturated rings. The lowest BCUT2D eigenvalue weighted by atomic mass is 10.1. The van der Waals surface area contributed by atoms with Gasteiger partial charge in [-0.05, 0) is 33.6 Å². The van der Waals surface area contributed by atoms with Crippen LogP contribution in [-0.4, -0.2) is 38.0 Å². The Labute approximate surface area is 87.2 Å². The molecule has 0 aromatic carbocycles. The van der Waals surface area contributed by atoms with Crippen LogP contribution in [0.4, 0.5) is 0 Å². The molecule has 1 rings (SSSR count). The van der Waals surface area contributed by atoms with E-state index < -0.39 is 0 Å². The van der Waals surface area contributed by atoms with E-state index in [1.807, 2.05) is 6.92 Å². The van der Waals surface area contributed by atoms with Crippen LogP contribution in [0.15, 0.2) is 0 Å². The third-order valence-corrected chi connectivity index (χ3v) is 2.64. The summed E-state index contributed by atoms with van der Waals surface area (Å²) in [6, 6.07) is 0.849. The molecule has 0 spiro atoms. The van der Waals surface area contributed by atoms with Crippen LogP contribution < -0.4 is 5.32 Å². The molecule has 1 aliphatic heterocycles. The molecule has 0 bridgehead atoms. The van der Waals surface area contributed by atoms with Gasteiger partial charge in [0.2, 0.25) is 0 Å². The van der Waals surface area contributed by atoms with Gasteiger partial charge in [0.25, 0.3) is 0 Å². The average Bonchev–Trinajstić information content (AvgIpc) is 2.67. The topological polar surface area (TPSA) is 30.5 Å². The van der Waals surface area contributed by atoms with E-state index in [1.165, 1.54) is 12.8 Å². The van der Waals surface area contributed by atoms with Gasteiger partial charge in [-0.3, -0.25) is 0 Å². The van der Waals surface area contributed by atoms with Gasteiger partial charge in [-0.1, -0.05) is 0 Å². The maximum atomic E-state index is 5.62. The highest BCUT2D eigenvalue weighted by atomic mass is 16.5. The Morgan fingerprint density at radius 3 is 2.86 bits per heavy atom. The van der Waals surface area contributed by atoms with E-state index in [1.54, 1.807) is 0 Å². The summed E-state index contributed by atoms with van der Waals surface area (Å²) < 4.78 is 11.0. The SMILES string of the molecule is CCOCC(C)NC(C)C1CCCO1. The molecule has 1 saturated heterocycles. The van der Waals surface area contributed by atoms with Crippen molar-refractivity contribution in [1.82, 2.24) is 5.32 Å². The first kappa shape index (κ1) is 12.0. The summed E-state index contributed by atoms with van der Waals surface area (Å²) in [7, 11) is 0. The number of nitrogens with one attached hydrogen (secondary N) is 1. The lowest BCUT2D eigenvalue weighted by molar-refractivity contribution is 0.0688. The Morgan fingerprint density at radius 1 is 1.50 bits per heavy atom. The Kier molecular flexibility index (Phi) is 5.45. The molecule has 84 valence electrons. The number of hydrogen-bond acceptors (Lipinski definition) is 3. The van der Waals surface area contributed by atoms with Crippen molar-refractivity contribution < 1.29 is 9.47 Å². The first-order valence-corrected chi connectivity index (χ1v) is 5.69. The summed E-state index contributed by atoms with van der Waals surface area (Å²) in [4.78, 5) is 0. The predicted octanol–water partition coefficient (Wildman–Crippen LogP) is 1.57. The molecule has 14 heavy (non-hydrogen) atoms. The van der Waals surface area contributed by atoms with Crippen LogP contribution in [0.3, 0.4) is 0 Å². The molecule has 3 nitrogen and oxygen atoms in total. The van der Waals surface area contributed by atoms with Crippen molar-refractivity contribution >= 4 is 0 Å². The lowest BCUT2D eigenvalue weighted by Gasteiger charge is -2.24. The minimum Gasteiger partial charge on any atom is -0.380 e. The van der Waals surface area contributed by atoms with Crippen molar-refractivity contribution in [3.8, 4) is 0 Å². The van der Waals surface area contributed by atoms with Gasteiger partial charge in [0.1, 0.15) is 0 Å². The Bertz CT molecular complexity index is 146. The van der Waals surface area contributed by atoms with Crippen molar-refractivity contribution in [3.63, 3.8) is 0 Å². The highest BCUT2D eigenvalue weighted by Crippen LogP contribution is 2.15. The molecule has 3 unspecified atom stereocenters. The van der Waals surface area contributed by atoms with Crippen molar-refractivity contribution in [3.05, 3.63) is 0 Å². The predicted molar refractivity (Wildman–Crippen MR) is 57.5 cm³/mol. The second-order valence-electron chi connectivity index (χ2n) is 4.07. The summed E-state index contributed by atoms with van der Waals surface area (Å²) >= 11 is 0. The zero-order chi connectivity index (χ0) is 10.4. The summed E-state index contributed by atoms with van der Waals surface area (Å²) in [5, 5.41) is 3.51. The zero-order valence-corrected chi connectivity index (χ0v) is 9.58. The highest BCUT2D eigenvalue weighted by molar-refractivity contribution is 4.78. The number of rotatable bonds is 6. The van der Waals surface area contributed by atoms with Gasteiger partial charge in [-0.25, -0.2) is 0 Å². The van der Waals surface area contributed by atoms with E-state index in [2.05, 4.69) is 19.2 Å². The van der Waals surface area contributed by atoms with Gasteiger partial charge in [0.15, 0.2) is 0 Å². The minimum atomic E-state index is 0.402. The second-order valence-corrected chi connectivity index (χ2v) is 4.07. The minimum absolute atomic E-state index is 0.402. The van der Waals surface area contributed by atoms with Crippen molar-refractivity contribution in [2.45, 2.75) is 51.8 Å². The Balaban J connectivity index is 2.14. The van der Waals surface area contributed by atoms with Gasteiger partial charge >= 0.3 is 0 Å². The monoisotopic (exact) mass is 201 g/mol. The molecule has 3 atom stereocenters. The van der Waals surface area contributed by atoms with Crippen molar-refractivity contribution in [2.24, 2.45) is 0 Å². The molecule has 0 aromatic rings. The maximum Gasteiger partial charge on any atom is 0.0726 e. The van der Waals surface area contributed by atoms with Crippen LogP contribution in [0.1, 0.15) is 33.6 Å². The molecule has 0 aliphatic carbocycles. The molecule has 3 heteroatoms. The first-order valence-electron chi connectivity index (χ1n) is 5.69. The largest absolute Gasteiger partial charge is 0.380 e. The van der Waals surface area contributed by atoms with Crippen LogP contribution in [-0.2, 0) is 9.47 Å². The summed E-state index contributed by atoms with van der Waals surface area (Å²) in [6.45, 7) is 8.88. The summed E-state index contributed by atoms with van der Waals surface area (Å²) in [5.41, 5.74) is 0. The van der Waals surface area contributed by atoms with E-state index in [0.29, 0.717) is 18.2 Å². The fourth-order valence-electron chi connectivity index (χ4n) is 1.90. The zero-order valence-electron chi connectivity index (χ0n) is 9.58. The van der Waals surface area contributed by atoms with Gasteiger partial charge < -0.3 is 14.8 Å². The average molecular weight is 201 g/mol. The molecule has 1 heterocycles. The number of hydrogen-bond donors (Lipinski definition) is 1. The standard InChI is InChI=1S/C11H23NO2/c1-4-13-8-9(2)12-10(3)11-6-5-7-14-11/h9-12H,4-8H2,1-3H3. The molecule has 0 aromatic heterocycles. The van der Waals surface area contributed by atoms with Crippen molar-refractivity contribution in [1.29, 1.82) is 0 Å². The van der Waals surface area contributed by atoms with Gasteiger partial charge in [0.05, 0.1) is 12.7 Å². The van der Waals surface area contributed by atoms with Crippen LogP contribution in [0.5, 0.6) is 0 Å². The Hall–Kier alpha value is -0.120. The fourth-order valence-corrected chi connectivity index (χ4v) is 1.90. The normalized spacial score (nSPS) is 26.4. The molecule has 0 saturated carbocycles. The van der Waals surface area contributed by atoms with E-state index in [9.17, 15) is 0 Å². The van der Waals surface area contributed by atoms with Crippen LogP contribution in [0, 0.1) is 0 Å². The third-order valence-electron chi connectivity index (χ3n) is 2.64. The first-order chi connectivity index (χ1) is 6.74. The fraction of sp³-hybridized carbons (Fsp3) is 1.00. The van der Waals surface area contributed by atoms with Crippen molar-refractivity contribution in [2.75, 3.05) is 19.8 Å². The Morgan fingerprint density at radius 2 is 2.29 bits per heavy atom. The van der Waals surface area contributed by atoms with Gasteiger partial charge in [0, 0.05) is 25.3 Å². The second kappa shape index (κ2) is 6.38. The quantitative estimate of drug-likeness (QED) is 0.707. The van der Waals surface area contributed by atoms with Gasteiger partial charge in [-0.2, -0.15) is 0 Å². The third kappa shape index (κ3) is 3.95. The summed E-state index contributed by atoms with van der Waals surface area (Å²) in [6.07, 6.45) is 2.80. The highest BCUT2D eigenvalue weighted by Gasteiger charge is 2.22. The van der Waals surface area contributed by atoms with Crippen LogP contribution in [0.2, 0.25) is 0 Å². The summed E-state index contributed by atoms with van der Waals surface area (Å²) in [5.74, 6) is 0. The smallest absolute Gasteiger partial charge is 0.0726 e. The molecule has 0 radical (unpaired) electrons. The van der Waals surface area contributed by atoms with E-state index in [4.69, 9.17) is 9.47 Å². The van der Waals surface area contributed by atoms with E-state index in [-0.39, 0.29) is 0 Å². The van der Waals surface area contributed by atoms with E-state index >= 15 is 0 Å². The van der Waals surface area contributed by atoms with Crippen LogP contribution >= 0.6 is 0 Å². The van der Waals surface area contributed by atoms with Gasteiger partial charge in [-0.15, -0.1) is 0 Å². The molecular weight excluding hydrogens is 178 g/mol. The molecular formula is C11H23NO2. The molecule has 1 N–H and O–H groups in total. The lowest BCUT2D eigenvalue weighted by Crippen LogP contribution is -2.44. The molecule has 1 aliphatic rings. The van der Waals surface area contributed by atoms with Crippen LogP contribution in [0.25, 0.3) is 0 Å². The number of ether oxygens (including phenoxy) is 2. The molecule has 0 amide bonds. The maximum absolute atomic E-state index is 5.62. The van der Waals surface area contributed by atoms with E-state index in [0.717, 1.165) is 19.8 Å².